The Morgan fingerprint density at radius 3 is 2.76 bits per heavy atom. The van der Waals surface area contributed by atoms with Crippen LogP contribution in [0.15, 0.2) is 18.3 Å². The lowest BCUT2D eigenvalue weighted by Crippen LogP contribution is -2.50. The van der Waals surface area contributed by atoms with Crippen molar-refractivity contribution in [2.24, 2.45) is 5.73 Å². The molecule has 1 amide bonds. The first-order valence-corrected chi connectivity index (χ1v) is 7.64. The molecule has 0 saturated carbocycles. The SMILES string of the molecule is CC(C)(C)NCC1CCCCN1c1ccc(C(N)=O)cn1. The van der Waals surface area contributed by atoms with Crippen LogP contribution in [0.25, 0.3) is 0 Å². The molecule has 5 heteroatoms. The third kappa shape index (κ3) is 4.43. The van der Waals surface area contributed by atoms with Crippen LogP contribution >= 0.6 is 0 Å². The number of rotatable bonds is 4. The molecule has 1 atom stereocenters. The third-order valence-electron chi connectivity index (χ3n) is 3.82. The highest BCUT2D eigenvalue weighted by molar-refractivity contribution is 5.92. The van der Waals surface area contributed by atoms with E-state index in [9.17, 15) is 4.79 Å². The highest BCUT2D eigenvalue weighted by Crippen LogP contribution is 2.23. The maximum Gasteiger partial charge on any atom is 0.250 e. The van der Waals surface area contributed by atoms with Gasteiger partial charge in [0.2, 0.25) is 5.91 Å². The maximum absolute atomic E-state index is 11.1. The lowest BCUT2D eigenvalue weighted by molar-refractivity contribution is 0.1000. The Morgan fingerprint density at radius 2 is 2.19 bits per heavy atom. The Kier molecular flexibility index (Phi) is 4.83. The van der Waals surface area contributed by atoms with Gasteiger partial charge in [-0.2, -0.15) is 0 Å². The van der Waals surface area contributed by atoms with E-state index < -0.39 is 5.91 Å². The van der Waals surface area contributed by atoms with Crippen LogP contribution < -0.4 is 16.0 Å². The van der Waals surface area contributed by atoms with Gasteiger partial charge in [0.25, 0.3) is 0 Å². The Balaban J connectivity index is 2.08. The summed E-state index contributed by atoms with van der Waals surface area (Å²) in [6.07, 6.45) is 5.18. The van der Waals surface area contributed by atoms with E-state index in [1.54, 1.807) is 12.3 Å². The van der Waals surface area contributed by atoms with E-state index >= 15 is 0 Å². The van der Waals surface area contributed by atoms with Gasteiger partial charge < -0.3 is 16.0 Å². The second-order valence-corrected chi connectivity index (χ2v) is 6.74. The fourth-order valence-electron chi connectivity index (χ4n) is 2.64. The Labute approximate surface area is 126 Å². The normalized spacial score (nSPS) is 19.6. The summed E-state index contributed by atoms with van der Waals surface area (Å²) in [6, 6.07) is 4.10. The van der Waals surface area contributed by atoms with E-state index in [0.29, 0.717) is 11.6 Å². The van der Waals surface area contributed by atoms with Crippen LogP contribution in [0.3, 0.4) is 0 Å². The van der Waals surface area contributed by atoms with Gasteiger partial charge in [0, 0.05) is 30.9 Å². The molecule has 0 bridgehead atoms. The first-order valence-electron chi connectivity index (χ1n) is 7.64. The standard InChI is InChI=1S/C16H26N4O/c1-16(2,3)19-11-13-6-4-5-9-20(13)14-8-7-12(10-18-14)15(17)21/h7-8,10,13,19H,4-6,9,11H2,1-3H3,(H2,17,21). The number of nitrogens with two attached hydrogens (primary N) is 1. The van der Waals surface area contributed by atoms with Crippen LogP contribution in [0.4, 0.5) is 5.82 Å². The predicted molar refractivity (Wildman–Crippen MR) is 85.5 cm³/mol. The van der Waals surface area contributed by atoms with Crippen molar-refractivity contribution in [3.05, 3.63) is 23.9 Å². The van der Waals surface area contributed by atoms with Crippen molar-refractivity contribution in [3.8, 4) is 0 Å². The van der Waals surface area contributed by atoms with E-state index in [1.807, 2.05) is 6.07 Å². The summed E-state index contributed by atoms with van der Waals surface area (Å²) in [5.74, 6) is 0.499. The number of amides is 1. The van der Waals surface area contributed by atoms with Crippen LogP contribution in [-0.4, -0.2) is 35.6 Å². The van der Waals surface area contributed by atoms with Crippen molar-refractivity contribution in [2.45, 2.75) is 51.6 Å². The molecule has 21 heavy (non-hydrogen) atoms. The van der Waals surface area contributed by atoms with Crippen molar-refractivity contribution >= 4 is 11.7 Å². The van der Waals surface area contributed by atoms with Gasteiger partial charge in [-0.1, -0.05) is 0 Å². The summed E-state index contributed by atoms with van der Waals surface area (Å²) < 4.78 is 0. The molecule has 1 unspecified atom stereocenters. The number of carbonyl (C=O) groups excluding carboxylic acids is 1. The second-order valence-electron chi connectivity index (χ2n) is 6.74. The molecule has 1 aromatic rings. The zero-order chi connectivity index (χ0) is 15.5. The average molecular weight is 290 g/mol. The fourth-order valence-corrected chi connectivity index (χ4v) is 2.64. The molecule has 116 valence electrons. The number of hydrogen-bond donors (Lipinski definition) is 2. The number of pyridine rings is 1. The molecule has 0 spiro atoms. The lowest BCUT2D eigenvalue weighted by Gasteiger charge is -2.38. The number of anilines is 1. The molecule has 5 nitrogen and oxygen atoms in total. The minimum Gasteiger partial charge on any atom is -0.366 e. The van der Waals surface area contributed by atoms with Crippen molar-refractivity contribution in [3.63, 3.8) is 0 Å². The highest BCUT2D eigenvalue weighted by atomic mass is 16.1. The van der Waals surface area contributed by atoms with Crippen LogP contribution in [-0.2, 0) is 0 Å². The minimum absolute atomic E-state index is 0.117. The van der Waals surface area contributed by atoms with Gasteiger partial charge in [0.15, 0.2) is 0 Å². The van der Waals surface area contributed by atoms with Gasteiger partial charge in [0.05, 0.1) is 5.56 Å². The number of piperidine rings is 1. The largest absolute Gasteiger partial charge is 0.366 e. The summed E-state index contributed by atoms with van der Waals surface area (Å²) in [7, 11) is 0. The van der Waals surface area contributed by atoms with E-state index in [-0.39, 0.29) is 5.54 Å². The monoisotopic (exact) mass is 290 g/mol. The molecule has 0 aromatic carbocycles. The topological polar surface area (TPSA) is 71.2 Å². The summed E-state index contributed by atoms with van der Waals surface area (Å²) in [5, 5.41) is 3.58. The van der Waals surface area contributed by atoms with E-state index in [1.165, 1.54) is 19.3 Å². The van der Waals surface area contributed by atoms with Crippen LogP contribution in [0.5, 0.6) is 0 Å². The van der Waals surface area contributed by atoms with Crippen molar-refractivity contribution < 1.29 is 4.79 Å². The first kappa shape index (κ1) is 15.8. The minimum atomic E-state index is -0.432. The maximum atomic E-state index is 11.1. The van der Waals surface area contributed by atoms with Gasteiger partial charge >= 0.3 is 0 Å². The molecule has 2 heterocycles. The van der Waals surface area contributed by atoms with E-state index in [2.05, 4.69) is 36.0 Å². The fraction of sp³-hybridized carbons (Fsp3) is 0.625. The number of nitrogens with one attached hydrogen (secondary N) is 1. The van der Waals surface area contributed by atoms with Crippen molar-refractivity contribution in [1.82, 2.24) is 10.3 Å². The Hall–Kier alpha value is -1.62. The average Bonchev–Trinajstić information content (AvgIpc) is 2.45. The van der Waals surface area contributed by atoms with Gasteiger partial charge in [-0.05, 0) is 52.2 Å². The number of hydrogen-bond acceptors (Lipinski definition) is 4. The zero-order valence-electron chi connectivity index (χ0n) is 13.2. The molecular weight excluding hydrogens is 264 g/mol. The Bertz CT molecular complexity index is 478. The molecule has 1 saturated heterocycles. The van der Waals surface area contributed by atoms with Crippen LogP contribution in [0, 0.1) is 0 Å². The molecule has 2 rings (SSSR count). The molecule has 1 aliphatic rings. The smallest absolute Gasteiger partial charge is 0.250 e. The third-order valence-corrected chi connectivity index (χ3v) is 3.82. The number of nitrogens with zero attached hydrogens (tertiary/aromatic N) is 2. The second kappa shape index (κ2) is 6.43. The van der Waals surface area contributed by atoms with Crippen molar-refractivity contribution in [2.75, 3.05) is 18.0 Å². The number of carbonyl (C=O) groups is 1. The highest BCUT2D eigenvalue weighted by Gasteiger charge is 2.24. The van der Waals surface area contributed by atoms with Gasteiger partial charge in [-0.25, -0.2) is 4.98 Å². The number of aromatic nitrogens is 1. The molecule has 3 N–H and O–H groups in total. The lowest BCUT2D eigenvalue weighted by atomic mass is 10.0. The molecule has 1 aromatic heterocycles. The Morgan fingerprint density at radius 1 is 1.43 bits per heavy atom. The van der Waals surface area contributed by atoms with Crippen LogP contribution in [0.1, 0.15) is 50.4 Å². The van der Waals surface area contributed by atoms with E-state index in [0.717, 1.165) is 18.9 Å². The summed E-state index contributed by atoms with van der Waals surface area (Å²) in [5.41, 5.74) is 5.84. The quantitative estimate of drug-likeness (QED) is 0.889. The van der Waals surface area contributed by atoms with Gasteiger partial charge in [-0.15, -0.1) is 0 Å². The first-order chi connectivity index (χ1) is 9.87. The number of primary amides is 1. The van der Waals surface area contributed by atoms with Gasteiger partial charge in [0.1, 0.15) is 5.82 Å². The summed E-state index contributed by atoms with van der Waals surface area (Å²) in [6.45, 7) is 8.50. The molecule has 1 fully saturated rings. The summed E-state index contributed by atoms with van der Waals surface area (Å²) >= 11 is 0. The van der Waals surface area contributed by atoms with Crippen molar-refractivity contribution in [1.29, 1.82) is 0 Å². The zero-order valence-corrected chi connectivity index (χ0v) is 13.2. The van der Waals surface area contributed by atoms with Crippen LogP contribution in [0.2, 0.25) is 0 Å². The predicted octanol–water partition coefficient (Wildman–Crippen LogP) is 1.93. The molecule has 0 aliphatic carbocycles. The summed E-state index contributed by atoms with van der Waals surface area (Å²) in [4.78, 5) is 17.9. The molecule has 1 aliphatic heterocycles. The molecular formula is C16H26N4O. The van der Waals surface area contributed by atoms with E-state index in [4.69, 9.17) is 5.73 Å². The molecule has 0 radical (unpaired) electrons. The van der Waals surface area contributed by atoms with Gasteiger partial charge in [-0.3, -0.25) is 4.79 Å².